The van der Waals surface area contributed by atoms with Gasteiger partial charge in [0.15, 0.2) is 11.5 Å². The molecule has 0 amide bonds. The van der Waals surface area contributed by atoms with Gasteiger partial charge in [-0.1, -0.05) is 6.07 Å². The number of rotatable bonds is 7. The maximum Gasteiger partial charge on any atom is 0.419 e. The van der Waals surface area contributed by atoms with Gasteiger partial charge < -0.3 is 14.8 Å². The lowest BCUT2D eigenvalue weighted by atomic mass is 10.2. The second-order valence-electron chi connectivity index (χ2n) is 4.84. The maximum absolute atomic E-state index is 12.9. The van der Waals surface area contributed by atoms with E-state index in [0.717, 1.165) is 6.07 Å². The van der Waals surface area contributed by atoms with Gasteiger partial charge in [0, 0.05) is 12.7 Å². The molecule has 0 aliphatic rings. The van der Waals surface area contributed by atoms with E-state index in [0.29, 0.717) is 5.56 Å². The molecule has 0 aliphatic heterocycles. The molecule has 0 spiro atoms. The zero-order valence-corrected chi connectivity index (χ0v) is 13.1. The van der Waals surface area contributed by atoms with E-state index >= 15 is 0 Å². The molecule has 1 heterocycles. The molecule has 2 aromatic rings. The molecule has 1 aromatic carbocycles. The average Bonchev–Trinajstić information content (AvgIpc) is 2.54. The summed E-state index contributed by atoms with van der Waals surface area (Å²) in [5.41, 5.74) is -0.374. The summed E-state index contributed by atoms with van der Waals surface area (Å²) in [4.78, 5) is 3.69. The lowest BCUT2D eigenvalue weighted by Gasteiger charge is -2.15. The molecule has 9 heteroatoms. The Balaban J connectivity index is 2.17. The molecule has 4 nitrogen and oxygen atoms in total. The number of ether oxygens (including phenoxy) is 2. The normalized spacial score (nSPS) is 11.5. The monoisotopic (exact) mass is 362 g/mol. The Hall–Kier alpha value is -2.58. The third-order valence-corrected chi connectivity index (χ3v) is 3.10. The lowest BCUT2D eigenvalue weighted by molar-refractivity contribution is -0.137. The quantitative estimate of drug-likeness (QED) is 0.725. The summed E-state index contributed by atoms with van der Waals surface area (Å²) in [6, 6.07) is 6.25. The number of benzene rings is 1. The standard InChI is InChI=1S/C16H15F5N2O2/c1-2-24-13-8-10(5-6-12(13)25-15(17)18)9-23-14-11(16(19,20)21)4-3-7-22-14/h3-8,15H,2,9H2,1H3,(H,22,23). The Bertz CT molecular complexity index is 707. The molecule has 0 bridgehead atoms. The van der Waals surface area contributed by atoms with Crippen molar-refractivity contribution in [3.05, 3.63) is 47.7 Å². The van der Waals surface area contributed by atoms with Gasteiger partial charge in [0.1, 0.15) is 5.82 Å². The molecule has 0 saturated heterocycles. The highest BCUT2D eigenvalue weighted by Gasteiger charge is 2.34. The van der Waals surface area contributed by atoms with E-state index in [1.54, 1.807) is 6.92 Å². The van der Waals surface area contributed by atoms with Crippen molar-refractivity contribution in [3.8, 4) is 11.5 Å². The Kier molecular flexibility index (Phi) is 6.00. The van der Waals surface area contributed by atoms with Crippen LogP contribution in [0.25, 0.3) is 0 Å². The molecule has 0 fully saturated rings. The number of nitrogens with one attached hydrogen (secondary N) is 1. The van der Waals surface area contributed by atoms with Gasteiger partial charge in [-0.15, -0.1) is 0 Å². The van der Waals surface area contributed by atoms with Crippen LogP contribution in [0, 0.1) is 0 Å². The minimum absolute atomic E-state index is 0.00484. The van der Waals surface area contributed by atoms with Crippen LogP contribution < -0.4 is 14.8 Å². The van der Waals surface area contributed by atoms with Crippen molar-refractivity contribution in [1.29, 1.82) is 0 Å². The first kappa shape index (κ1) is 18.8. The van der Waals surface area contributed by atoms with Gasteiger partial charge in [0.2, 0.25) is 0 Å². The second kappa shape index (κ2) is 8.00. The molecular formula is C16H15F5N2O2. The summed E-state index contributed by atoms with van der Waals surface area (Å²) < 4.78 is 73.1. The highest BCUT2D eigenvalue weighted by Crippen LogP contribution is 2.34. The van der Waals surface area contributed by atoms with Gasteiger partial charge in [-0.25, -0.2) is 4.98 Å². The van der Waals surface area contributed by atoms with Crippen LogP contribution in [0.1, 0.15) is 18.1 Å². The van der Waals surface area contributed by atoms with Gasteiger partial charge in [0.25, 0.3) is 0 Å². The molecule has 0 aliphatic carbocycles. The Morgan fingerprint density at radius 3 is 2.56 bits per heavy atom. The van der Waals surface area contributed by atoms with Crippen LogP contribution in [-0.2, 0) is 12.7 Å². The predicted octanol–water partition coefficient (Wildman–Crippen LogP) is 4.71. The minimum Gasteiger partial charge on any atom is -0.490 e. The molecule has 0 saturated carbocycles. The fourth-order valence-electron chi connectivity index (χ4n) is 2.08. The molecule has 136 valence electrons. The van der Waals surface area contributed by atoms with Crippen LogP contribution in [0.5, 0.6) is 11.5 Å². The van der Waals surface area contributed by atoms with E-state index in [1.165, 1.54) is 30.5 Å². The molecule has 2 rings (SSSR count). The predicted molar refractivity (Wildman–Crippen MR) is 80.8 cm³/mol. The number of anilines is 1. The van der Waals surface area contributed by atoms with Gasteiger partial charge >= 0.3 is 12.8 Å². The van der Waals surface area contributed by atoms with E-state index in [9.17, 15) is 22.0 Å². The van der Waals surface area contributed by atoms with Crippen LogP contribution in [-0.4, -0.2) is 18.2 Å². The minimum atomic E-state index is -4.54. The van der Waals surface area contributed by atoms with Gasteiger partial charge in [-0.05, 0) is 36.8 Å². The van der Waals surface area contributed by atoms with Crippen molar-refractivity contribution in [2.45, 2.75) is 26.3 Å². The zero-order valence-electron chi connectivity index (χ0n) is 13.1. The largest absolute Gasteiger partial charge is 0.490 e. The van der Waals surface area contributed by atoms with Crippen molar-refractivity contribution >= 4 is 5.82 Å². The number of aromatic nitrogens is 1. The van der Waals surface area contributed by atoms with Crippen molar-refractivity contribution in [2.75, 3.05) is 11.9 Å². The third kappa shape index (κ3) is 5.20. The molecule has 0 unspecified atom stereocenters. The fourth-order valence-corrected chi connectivity index (χ4v) is 2.08. The van der Waals surface area contributed by atoms with Crippen LogP contribution in [0.3, 0.4) is 0 Å². The van der Waals surface area contributed by atoms with Crippen LogP contribution in [0.4, 0.5) is 27.8 Å². The van der Waals surface area contributed by atoms with Crippen LogP contribution in [0.15, 0.2) is 36.5 Å². The zero-order chi connectivity index (χ0) is 18.4. The number of hydrogen-bond acceptors (Lipinski definition) is 4. The number of hydrogen-bond donors (Lipinski definition) is 1. The van der Waals surface area contributed by atoms with E-state index in [-0.39, 0.29) is 30.5 Å². The van der Waals surface area contributed by atoms with E-state index in [1.807, 2.05) is 0 Å². The highest BCUT2D eigenvalue weighted by atomic mass is 19.4. The topological polar surface area (TPSA) is 43.4 Å². The Labute approximate surface area is 140 Å². The van der Waals surface area contributed by atoms with Crippen molar-refractivity contribution in [2.24, 2.45) is 0 Å². The van der Waals surface area contributed by atoms with Gasteiger partial charge in [-0.3, -0.25) is 0 Å². The lowest BCUT2D eigenvalue weighted by Crippen LogP contribution is -2.12. The Morgan fingerprint density at radius 2 is 1.92 bits per heavy atom. The summed E-state index contributed by atoms with van der Waals surface area (Å²) in [5, 5.41) is 2.59. The first-order valence-corrected chi connectivity index (χ1v) is 7.28. The molecule has 1 N–H and O–H groups in total. The first-order chi connectivity index (χ1) is 11.8. The number of pyridine rings is 1. The highest BCUT2D eigenvalue weighted by molar-refractivity contribution is 5.48. The van der Waals surface area contributed by atoms with E-state index in [4.69, 9.17) is 4.74 Å². The smallest absolute Gasteiger partial charge is 0.419 e. The van der Waals surface area contributed by atoms with Crippen molar-refractivity contribution in [3.63, 3.8) is 0 Å². The first-order valence-electron chi connectivity index (χ1n) is 7.28. The van der Waals surface area contributed by atoms with Crippen LogP contribution in [0.2, 0.25) is 0 Å². The molecule has 0 radical (unpaired) electrons. The van der Waals surface area contributed by atoms with Crippen LogP contribution >= 0.6 is 0 Å². The molecule has 0 atom stereocenters. The summed E-state index contributed by atoms with van der Waals surface area (Å²) in [7, 11) is 0. The summed E-state index contributed by atoms with van der Waals surface area (Å²) >= 11 is 0. The molecular weight excluding hydrogens is 347 g/mol. The van der Waals surface area contributed by atoms with E-state index < -0.39 is 18.4 Å². The Morgan fingerprint density at radius 1 is 1.16 bits per heavy atom. The van der Waals surface area contributed by atoms with Crippen molar-refractivity contribution < 1.29 is 31.4 Å². The number of alkyl halides is 5. The van der Waals surface area contributed by atoms with Gasteiger partial charge in [-0.2, -0.15) is 22.0 Å². The van der Waals surface area contributed by atoms with E-state index in [2.05, 4.69) is 15.0 Å². The number of halogens is 5. The average molecular weight is 362 g/mol. The summed E-state index contributed by atoms with van der Waals surface area (Å²) in [6.45, 7) is -1.13. The summed E-state index contributed by atoms with van der Waals surface area (Å²) in [5.74, 6) is -0.380. The summed E-state index contributed by atoms with van der Waals surface area (Å²) in [6.07, 6.45) is -3.30. The second-order valence-corrected chi connectivity index (χ2v) is 4.84. The molecule has 25 heavy (non-hydrogen) atoms. The maximum atomic E-state index is 12.9. The SMILES string of the molecule is CCOc1cc(CNc2ncccc2C(F)(F)F)ccc1OC(F)F. The third-order valence-electron chi connectivity index (χ3n) is 3.10. The molecule has 1 aromatic heterocycles. The number of nitrogens with zero attached hydrogens (tertiary/aromatic N) is 1. The van der Waals surface area contributed by atoms with Gasteiger partial charge in [0.05, 0.1) is 12.2 Å². The fraction of sp³-hybridized carbons (Fsp3) is 0.312. The van der Waals surface area contributed by atoms with Crippen molar-refractivity contribution in [1.82, 2.24) is 4.98 Å².